The molecule has 0 bridgehead atoms. The van der Waals surface area contributed by atoms with Crippen molar-refractivity contribution in [2.45, 2.75) is 13.0 Å². The van der Waals surface area contributed by atoms with Gasteiger partial charge in [0.05, 0.1) is 10.6 Å². The van der Waals surface area contributed by atoms with Crippen LogP contribution in [0.1, 0.15) is 22.8 Å². The molecule has 0 fully saturated rings. The number of imide groups is 1. The smallest absolute Gasteiger partial charge is 0.274 e. The number of non-ortho nitro benzene ring substituents is 1. The number of para-hydroxylation sites is 1. The minimum absolute atomic E-state index is 0.132. The molecule has 0 aromatic heterocycles. The van der Waals surface area contributed by atoms with E-state index in [4.69, 9.17) is 4.74 Å². The first-order chi connectivity index (χ1) is 11.9. The van der Waals surface area contributed by atoms with Crippen LogP contribution in [0.15, 0.2) is 49.0 Å². The lowest BCUT2D eigenvalue weighted by Crippen LogP contribution is -2.47. The summed E-state index contributed by atoms with van der Waals surface area (Å²) in [6.07, 6.45) is 0.742. The van der Waals surface area contributed by atoms with Crippen molar-refractivity contribution < 1.29 is 19.2 Å². The standard InChI is InChI=1S/C18H14N2O5/c1-3-12-5-4-6-15-16(12)25-11(2)17(21)19(15)18(22)13-7-9-14(10-8-13)20(23)24/h3-11H,1H2,2H3. The summed E-state index contributed by atoms with van der Waals surface area (Å²) < 4.78 is 5.63. The molecule has 2 aromatic rings. The normalized spacial score (nSPS) is 16.0. The quantitative estimate of drug-likeness (QED) is 0.487. The van der Waals surface area contributed by atoms with Crippen LogP contribution in [0.25, 0.3) is 6.08 Å². The summed E-state index contributed by atoms with van der Waals surface area (Å²) in [7, 11) is 0. The Balaban J connectivity index is 2.06. The van der Waals surface area contributed by atoms with Crippen molar-refractivity contribution >= 4 is 29.3 Å². The van der Waals surface area contributed by atoms with Gasteiger partial charge in [-0.3, -0.25) is 19.7 Å². The van der Waals surface area contributed by atoms with E-state index >= 15 is 0 Å². The number of anilines is 1. The Hall–Kier alpha value is -3.48. The molecule has 1 unspecified atom stereocenters. The van der Waals surface area contributed by atoms with Gasteiger partial charge in [0, 0.05) is 23.3 Å². The van der Waals surface area contributed by atoms with E-state index in [1.54, 1.807) is 31.2 Å². The highest BCUT2D eigenvalue weighted by Gasteiger charge is 2.37. The molecule has 25 heavy (non-hydrogen) atoms. The molecule has 0 saturated heterocycles. The van der Waals surface area contributed by atoms with E-state index in [1.807, 2.05) is 0 Å². The molecule has 2 aromatic carbocycles. The van der Waals surface area contributed by atoms with Gasteiger partial charge in [0.15, 0.2) is 11.9 Å². The van der Waals surface area contributed by atoms with Crippen LogP contribution in [0.3, 0.4) is 0 Å². The zero-order valence-electron chi connectivity index (χ0n) is 13.3. The minimum atomic E-state index is -0.837. The molecule has 3 rings (SSSR count). The van der Waals surface area contributed by atoms with Crippen molar-refractivity contribution in [1.82, 2.24) is 0 Å². The Morgan fingerprint density at radius 1 is 1.28 bits per heavy atom. The topological polar surface area (TPSA) is 89.8 Å². The fourth-order valence-corrected chi connectivity index (χ4v) is 2.60. The van der Waals surface area contributed by atoms with Gasteiger partial charge in [0.1, 0.15) is 0 Å². The molecular weight excluding hydrogens is 324 g/mol. The monoisotopic (exact) mass is 338 g/mol. The first-order valence-electron chi connectivity index (χ1n) is 7.49. The fourth-order valence-electron chi connectivity index (χ4n) is 2.60. The second-order valence-electron chi connectivity index (χ2n) is 5.44. The van der Waals surface area contributed by atoms with Gasteiger partial charge < -0.3 is 4.74 Å². The van der Waals surface area contributed by atoms with Gasteiger partial charge in [-0.1, -0.05) is 24.8 Å². The summed E-state index contributed by atoms with van der Waals surface area (Å²) in [5, 5.41) is 10.7. The lowest BCUT2D eigenvalue weighted by Gasteiger charge is -2.32. The molecule has 2 amide bonds. The van der Waals surface area contributed by atoms with Crippen LogP contribution in [0.4, 0.5) is 11.4 Å². The molecule has 126 valence electrons. The number of nitrogens with zero attached hydrogens (tertiary/aromatic N) is 2. The minimum Gasteiger partial charge on any atom is -0.478 e. The maximum Gasteiger partial charge on any atom is 0.274 e. The van der Waals surface area contributed by atoms with Crippen LogP contribution in [0.5, 0.6) is 5.75 Å². The molecule has 7 heteroatoms. The lowest BCUT2D eigenvalue weighted by molar-refractivity contribution is -0.384. The number of nitro benzene ring substituents is 1. The van der Waals surface area contributed by atoms with Crippen LogP contribution in [-0.2, 0) is 4.79 Å². The highest BCUT2D eigenvalue weighted by Crippen LogP contribution is 2.38. The highest BCUT2D eigenvalue weighted by atomic mass is 16.6. The van der Waals surface area contributed by atoms with Crippen LogP contribution >= 0.6 is 0 Å². The predicted molar refractivity (Wildman–Crippen MR) is 91.5 cm³/mol. The molecule has 1 atom stereocenters. The van der Waals surface area contributed by atoms with Crippen LogP contribution in [-0.4, -0.2) is 22.8 Å². The van der Waals surface area contributed by atoms with Gasteiger partial charge in [-0.2, -0.15) is 0 Å². The van der Waals surface area contributed by atoms with Gasteiger partial charge in [0.25, 0.3) is 17.5 Å². The third-order valence-electron chi connectivity index (χ3n) is 3.88. The van der Waals surface area contributed by atoms with E-state index < -0.39 is 22.8 Å². The molecule has 1 aliphatic heterocycles. The second kappa shape index (κ2) is 6.20. The Morgan fingerprint density at radius 3 is 2.56 bits per heavy atom. The molecule has 1 aliphatic rings. The summed E-state index contributed by atoms with van der Waals surface area (Å²) in [5.74, 6) is -0.672. The second-order valence-corrected chi connectivity index (χ2v) is 5.44. The molecule has 0 N–H and O–H groups in total. The Kier molecular flexibility index (Phi) is 4.06. The van der Waals surface area contributed by atoms with Crippen LogP contribution in [0.2, 0.25) is 0 Å². The van der Waals surface area contributed by atoms with Crippen molar-refractivity contribution in [3.63, 3.8) is 0 Å². The molecule has 0 aliphatic carbocycles. The van der Waals surface area contributed by atoms with Crippen LogP contribution in [0, 0.1) is 10.1 Å². The number of rotatable bonds is 3. The third-order valence-corrected chi connectivity index (χ3v) is 3.88. The number of benzene rings is 2. The van der Waals surface area contributed by atoms with Crippen molar-refractivity contribution in [2.24, 2.45) is 0 Å². The molecule has 1 heterocycles. The molecule has 7 nitrogen and oxygen atoms in total. The zero-order valence-corrected chi connectivity index (χ0v) is 13.3. The number of carbonyl (C=O) groups excluding carboxylic acids is 2. The summed E-state index contributed by atoms with van der Waals surface area (Å²) in [4.78, 5) is 36.6. The number of hydrogen-bond acceptors (Lipinski definition) is 5. The summed E-state index contributed by atoms with van der Waals surface area (Å²) in [6, 6.07) is 10.2. The summed E-state index contributed by atoms with van der Waals surface area (Å²) in [5.41, 5.74) is 1.03. The van der Waals surface area contributed by atoms with E-state index in [0.29, 0.717) is 17.0 Å². The zero-order chi connectivity index (χ0) is 18.1. The number of ether oxygens (including phenoxy) is 1. The van der Waals surface area contributed by atoms with Crippen molar-refractivity contribution in [1.29, 1.82) is 0 Å². The first kappa shape index (κ1) is 16.4. The van der Waals surface area contributed by atoms with Crippen molar-refractivity contribution in [3.8, 4) is 5.75 Å². The van der Waals surface area contributed by atoms with E-state index in [1.165, 1.54) is 24.3 Å². The van der Waals surface area contributed by atoms with Crippen molar-refractivity contribution in [2.75, 3.05) is 4.90 Å². The molecule has 0 saturated carbocycles. The maximum absolute atomic E-state index is 12.9. The Morgan fingerprint density at radius 2 is 1.96 bits per heavy atom. The fraction of sp³-hybridized carbons (Fsp3) is 0.111. The third kappa shape index (κ3) is 2.76. The predicted octanol–water partition coefficient (Wildman–Crippen LogP) is 3.19. The Bertz CT molecular complexity index is 889. The van der Waals surface area contributed by atoms with Gasteiger partial charge in [-0.25, -0.2) is 4.90 Å². The lowest BCUT2D eigenvalue weighted by atomic mass is 10.1. The maximum atomic E-state index is 12.9. The van der Waals surface area contributed by atoms with E-state index in [9.17, 15) is 19.7 Å². The number of carbonyl (C=O) groups is 2. The molecular formula is C18H14N2O5. The molecule has 0 radical (unpaired) electrons. The van der Waals surface area contributed by atoms with Crippen molar-refractivity contribution in [3.05, 3.63) is 70.3 Å². The largest absolute Gasteiger partial charge is 0.478 e. The first-order valence-corrected chi connectivity index (χ1v) is 7.49. The highest BCUT2D eigenvalue weighted by molar-refractivity contribution is 6.23. The average molecular weight is 338 g/mol. The van der Waals surface area contributed by atoms with E-state index in [0.717, 1.165) is 4.90 Å². The molecule has 0 spiro atoms. The van der Waals surface area contributed by atoms with Gasteiger partial charge >= 0.3 is 0 Å². The number of hydrogen-bond donors (Lipinski definition) is 0. The number of fused-ring (bicyclic) bond motifs is 1. The van der Waals surface area contributed by atoms with Gasteiger partial charge in [-0.15, -0.1) is 0 Å². The summed E-state index contributed by atoms with van der Waals surface area (Å²) in [6.45, 7) is 5.26. The van der Waals surface area contributed by atoms with Gasteiger partial charge in [0.2, 0.25) is 0 Å². The average Bonchev–Trinajstić information content (AvgIpc) is 2.62. The van der Waals surface area contributed by atoms with Crippen LogP contribution < -0.4 is 9.64 Å². The number of nitro groups is 1. The van der Waals surface area contributed by atoms with E-state index in [2.05, 4.69) is 6.58 Å². The Labute approximate surface area is 143 Å². The van der Waals surface area contributed by atoms with E-state index in [-0.39, 0.29) is 11.3 Å². The van der Waals surface area contributed by atoms with Gasteiger partial charge in [-0.05, 0) is 25.1 Å². The SMILES string of the molecule is C=Cc1cccc2c1OC(C)C(=O)N2C(=O)c1ccc([N+](=O)[O-])cc1. The number of amides is 2. The summed E-state index contributed by atoms with van der Waals surface area (Å²) >= 11 is 0.